The zero-order chi connectivity index (χ0) is 14.5. The van der Waals surface area contributed by atoms with E-state index < -0.39 is 0 Å². The molecule has 4 heteroatoms. The average Bonchev–Trinajstić information content (AvgIpc) is 2.41. The molecule has 106 valence electrons. The van der Waals surface area contributed by atoms with Gasteiger partial charge in [-0.2, -0.15) is 0 Å². The molecule has 2 N–H and O–H groups in total. The Labute approximate surface area is 123 Å². The average molecular weight is 294 g/mol. The molecular weight excluding hydrogens is 277 g/mol. The first-order valence-electron chi connectivity index (χ1n) is 6.50. The van der Waals surface area contributed by atoms with E-state index in [4.69, 9.17) is 11.6 Å². The van der Waals surface area contributed by atoms with Gasteiger partial charge in [0.1, 0.15) is 11.6 Å². The van der Waals surface area contributed by atoms with E-state index in [1.165, 1.54) is 12.1 Å². The Morgan fingerprint density at radius 2 is 1.90 bits per heavy atom. The lowest BCUT2D eigenvalue weighted by atomic mass is 10.1. The molecule has 0 aliphatic heterocycles. The van der Waals surface area contributed by atoms with Gasteiger partial charge < -0.3 is 10.4 Å². The predicted molar refractivity (Wildman–Crippen MR) is 79.5 cm³/mol. The Morgan fingerprint density at radius 1 is 1.20 bits per heavy atom. The van der Waals surface area contributed by atoms with Gasteiger partial charge in [-0.3, -0.25) is 0 Å². The molecule has 0 amide bonds. The second-order valence-corrected chi connectivity index (χ2v) is 5.26. The third-order valence-corrected chi connectivity index (χ3v) is 3.53. The van der Waals surface area contributed by atoms with Crippen molar-refractivity contribution >= 4 is 11.6 Å². The molecule has 2 rings (SSSR count). The quantitative estimate of drug-likeness (QED) is 0.876. The summed E-state index contributed by atoms with van der Waals surface area (Å²) in [5, 5.41) is 13.6. The fourth-order valence-corrected chi connectivity index (χ4v) is 2.28. The van der Waals surface area contributed by atoms with E-state index in [0.717, 1.165) is 12.0 Å². The van der Waals surface area contributed by atoms with E-state index in [0.29, 0.717) is 17.1 Å². The van der Waals surface area contributed by atoms with E-state index >= 15 is 0 Å². The summed E-state index contributed by atoms with van der Waals surface area (Å²) in [5.74, 6) is -0.0330. The molecule has 2 aromatic carbocycles. The summed E-state index contributed by atoms with van der Waals surface area (Å²) in [4.78, 5) is 0. The van der Waals surface area contributed by atoms with Crippen molar-refractivity contribution in [2.45, 2.75) is 25.9 Å². The number of halogens is 2. The molecule has 0 aliphatic rings. The summed E-state index contributed by atoms with van der Waals surface area (Å²) >= 11 is 6.05. The van der Waals surface area contributed by atoms with Gasteiger partial charge in [-0.15, -0.1) is 0 Å². The van der Waals surface area contributed by atoms with Gasteiger partial charge in [-0.1, -0.05) is 29.8 Å². The van der Waals surface area contributed by atoms with E-state index in [9.17, 15) is 9.50 Å². The van der Waals surface area contributed by atoms with Crippen LogP contribution in [-0.2, 0) is 13.0 Å². The molecular formula is C16H17ClFNO. The molecule has 0 fully saturated rings. The van der Waals surface area contributed by atoms with Crippen LogP contribution in [0.25, 0.3) is 0 Å². The zero-order valence-electron chi connectivity index (χ0n) is 11.2. The van der Waals surface area contributed by atoms with Crippen molar-refractivity contribution in [1.29, 1.82) is 0 Å². The smallest absolute Gasteiger partial charge is 0.123 e. The maximum atomic E-state index is 12.8. The standard InChI is InChI=1S/C16H17ClFNO/c1-11(9-12-5-7-13(18)8-6-12)19-10-14-15(17)3-2-4-16(14)20/h2-8,11,19-20H,9-10H2,1H3. The Bertz CT molecular complexity index is 551. The van der Waals surface area contributed by atoms with Crippen LogP contribution in [0, 0.1) is 5.82 Å². The summed E-state index contributed by atoms with van der Waals surface area (Å²) in [5.41, 5.74) is 1.76. The first kappa shape index (κ1) is 14.8. The molecule has 2 aromatic rings. The number of hydrogen-bond acceptors (Lipinski definition) is 2. The number of hydrogen-bond donors (Lipinski definition) is 2. The van der Waals surface area contributed by atoms with Crippen molar-refractivity contribution in [2.24, 2.45) is 0 Å². The normalized spacial score (nSPS) is 12.3. The number of benzene rings is 2. The van der Waals surface area contributed by atoms with Crippen LogP contribution in [0.3, 0.4) is 0 Å². The highest BCUT2D eigenvalue weighted by atomic mass is 35.5. The summed E-state index contributed by atoms with van der Waals surface area (Å²) < 4.78 is 12.8. The van der Waals surface area contributed by atoms with Gasteiger partial charge in [0, 0.05) is 23.2 Å². The van der Waals surface area contributed by atoms with Crippen molar-refractivity contribution in [3.8, 4) is 5.75 Å². The van der Waals surface area contributed by atoms with Crippen molar-refractivity contribution in [1.82, 2.24) is 5.32 Å². The minimum absolute atomic E-state index is 0.191. The topological polar surface area (TPSA) is 32.3 Å². The van der Waals surface area contributed by atoms with E-state index in [2.05, 4.69) is 5.32 Å². The monoisotopic (exact) mass is 293 g/mol. The summed E-state index contributed by atoms with van der Waals surface area (Å²) in [6, 6.07) is 11.8. The van der Waals surface area contributed by atoms with E-state index in [1.807, 2.05) is 6.92 Å². The van der Waals surface area contributed by atoms with Gasteiger partial charge in [0.25, 0.3) is 0 Å². The van der Waals surface area contributed by atoms with Crippen molar-refractivity contribution in [3.63, 3.8) is 0 Å². The van der Waals surface area contributed by atoms with Crippen LogP contribution in [0.1, 0.15) is 18.1 Å². The van der Waals surface area contributed by atoms with Crippen molar-refractivity contribution in [2.75, 3.05) is 0 Å². The van der Waals surface area contributed by atoms with Gasteiger partial charge in [0.05, 0.1) is 0 Å². The van der Waals surface area contributed by atoms with Crippen LogP contribution >= 0.6 is 11.6 Å². The molecule has 20 heavy (non-hydrogen) atoms. The summed E-state index contributed by atoms with van der Waals surface area (Å²) in [6.07, 6.45) is 0.783. The lowest BCUT2D eigenvalue weighted by molar-refractivity contribution is 0.458. The number of aromatic hydroxyl groups is 1. The third-order valence-electron chi connectivity index (χ3n) is 3.18. The van der Waals surface area contributed by atoms with Gasteiger partial charge in [-0.05, 0) is 43.2 Å². The first-order valence-corrected chi connectivity index (χ1v) is 6.88. The van der Waals surface area contributed by atoms with Crippen LogP contribution in [0.2, 0.25) is 5.02 Å². The van der Waals surface area contributed by atoms with E-state index in [1.54, 1.807) is 30.3 Å². The maximum Gasteiger partial charge on any atom is 0.123 e. The highest BCUT2D eigenvalue weighted by Crippen LogP contribution is 2.25. The maximum absolute atomic E-state index is 12.8. The highest BCUT2D eigenvalue weighted by molar-refractivity contribution is 6.31. The zero-order valence-corrected chi connectivity index (χ0v) is 12.0. The molecule has 0 saturated carbocycles. The number of rotatable bonds is 5. The van der Waals surface area contributed by atoms with Gasteiger partial charge in [0.2, 0.25) is 0 Å². The number of phenolic OH excluding ortho intramolecular Hbond substituents is 1. The van der Waals surface area contributed by atoms with Gasteiger partial charge >= 0.3 is 0 Å². The Balaban J connectivity index is 1.92. The lowest BCUT2D eigenvalue weighted by Gasteiger charge is -2.15. The SMILES string of the molecule is CC(Cc1ccc(F)cc1)NCc1c(O)cccc1Cl. The highest BCUT2D eigenvalue weighted by Gasteiger charge is 2.08. The number of phenols is 1. The molecule has 0 aromatic heterocycles. The molecule has 0 saturated heterocycles. The molecule has 1 unspecified atom stereocenters. The largest absolute Gasteiger partial charge is 0.508 e. The summed E-state index contributed by atoms with van der Waals surface area (Å²) in [6.45, 7) is 2.53. The lowest BCUT2D eigenvalue weighted by Crippen LogP contribution is -2.27. The molecule has 2 nitrogen and oxygen atoms in total. The molecule has 0 aliphatic carbocycles. The Kier molecular flexibility index (Phi) is 4.99. The molecule has 0 spiro atoms. The number of nitrogens with one attached hydrogen (secondary N) is 1. The minimum Gasteiger partial charge on any atom is -0.508 e. The predicted octanol–water partition coefficient (Wildman–Crippen LogP) is 3.91. The van der Waals surface area contributed by atoms with Crippen LogP contribution in [0.5, 0.6) is 5.75 Å². The second-order valence-electron chi connectivity index (χ2n) is 4.85. The van der Waals surface area contributed by atoms with Crippen LogP contribution < -0.4 is 5.32 Å². The Morgan fingerprint density at radius 3 is 2.55 bits per heavy atom. The molecule has 0 bridgehead atoms. The molecule has 1 atom stereocenters. The Hall–Kier alpha value is -1.58. The third kappa shape index (κ3) is 3.95. The molecule has 0 heterocycles. The van der Waals surface area contributed by atoms with E-state index in [-0.39, 0.29) is 17.6 Å². The first-order chi connectivity index (χ1) is 9.56. The fraction of sp³-hybridized carbons (Fsp3) is 0.250. The van der Waals surface area contributed by atoms with Crippen molar-refractivity contribution < 1.29 is 9.50 Å². The van der Waals surface area contributed by atoms with Gasteiger partial charge in [-0.25, -0.2) is 4.39 Å². The minimum atomic E-state index is -0.227. The fourth-order valence-electron chi connectivity index (χ4n) is 2.04. The van der Waals surface area contributed by atoms with Crippen LogP contribution in [-0.4, -0.2) is 11.1 Å². The molecule has 0 radical (unpaired) electrons. The van der Waals surface area contributed by atoms with Crippen LogP contribution in [0.4, 0.5) is 4.39 Å². The van der Waals surface area contributed by atoms with Gasteiger partial charge in [0.15, 0.2) is 0 Å². The summed E-state index contributed by atoms with van der Waals surface area (Å²) in [7, 11) is 0. The van der Waals surface area contributed by atoms with Crippen molar-refractivity contribution in [3.05, 3.63) is 64.4 Å². The second kappa shape index (κ2) is 6.73. The van der Waals surface area contributed by atoms with Crippen LogP contribution in [0.15, 0.2) is 42.5 Å².